The summed E-state index contributed by atoms with van der Waals surface area (Å²) >= 11 is 0. The zero-order valence-electron chi connectivity index (χ0n) is 19.5. The Balaban J connectivity index is 0.00000320. The van der Waals surface area contributed by atoms with Crippen LogP contribution in [0.3, 0.4) is 0 Å². The number of nitrogens with one attached hydrogen (secondary N) is 2. The zero-order valence-corrected chi connectivity index (χ0v) is 21.9. The maximum atomic E-state index is 5.74. The smallest absolute Gasteiger partial charge is 0.208 e. The van der Waals surface area contributed by atoms with Crippen molar-refractivity contribution in [3.63, 3.8) is 0 Å². The summed E-state index contributed by atoms with van der Waals surface area (Å²) in [4.78, 5) is 11.4. The minimum atomic E-state index is 0. The number of aromatic nitrogens is 1. The molecule has 0 radical (unpaired) electrons. The van der Waals surface area contributed by atoms with Crippen molar-refractivity contribution < 1.29 is 4.42 Å². The number of guanidine groups is 1. The molecule has 7 heteroatoms. The second-order valence-electron chi connectivity index (χ2n) is 9.42. The van der Waals surface area contributed by atoms with E-state index in [-0.39, 0.29) is 24.0 Å². The van der Waals surface area contributed by atoms with Gasteiger partial charge in [-0.2, -0.15) is 0 Å². The number of likely N-dealkylation sites (tertiary alicyclic amines) is 1. The van der Waals surface area contributed by atoms with Crippen molar-refractivity contribution in [3.05, 3.63) is 17.3 Å². The molecule has 6 nitrogen and oxygen atoms in total. The van der Waals surface area contributed by atoms with Crippen molar-refractivity contribution in [1.29, 1.82) is 0 Å². The summed E-state index contributed by atoms with van der Waals surface area (Å²) in [5.74, 6) is 5.19. The molecule has 1 aliphatic carbocycles. The highest BCUT2D eigenvalue weighted by Crippen LogP contribution is 2.29. The first kappa shape index (κ1) is 25.4. The van der Waals surface area contributed by atoms with E-state index < -0.39 is 0 Å². The van der Waals surface area contributed by atoms with Gasteiger partial charge in [-0.15, -0.1) is 24.0 Å². The third kappa shape index (κ3) is 7.39. The van der Waals surface area contributed by atoms with Crippen LogP contribution in [0.15, 0.2) is 9.41 Å². The van der Waals surface area contributed by atoms with Crippen LogP contribution in [0.4, 0.5) is 0 Å². The Morgan fingerprint density at radius 1 is 1.13 bits per heavy atom. The highest BCUT2D eigenvalue weighted by atomic mass is 127. The molecule has 0 unspecified atom stereocenters. The molecule has 2 N–H and O–H groups in total. The highest BCUT2D eigenvalue weighted by molar-refractivity contribution is 14.0. The third-order valence-electron chi connectivity index (χ3n) is 6.98. The van der Waals surface area contributed by atoms with Crippen LogP contribution in [0, 0.1) is 31.6 Å². The minimum Gasteiger partial charge on any atom is -0.444 e. The van der Waals surface area contributed by atoms with Gasteiger partial charge >= 0.3 is 0 Å². The summed E-state index contributed by atoms with van der Waals surface area (Å²) in [7, 11) is 1.89. The average molecular weight is 532 g/mol. The van der Waals surface area contributed by atoms with Crippen molar-refractivity contribution in [3.8, 4) is 0 Å². The topological polar surface area (TPSA) is 65.7 Å². The molecule has 2 heterocycles. The quantitative estimate of drug-likeness (QED) is 0.322. The van der Waals surface area contributed by atoms with Gasteiger partial charge in [0, 0.05) is 19.6 Å². The van der Waals surface area contributed by atoms with E-state index in [1.807, 2.05) is 20.9 Å². The fourth-order valence-corrected chi connectivity index (χ4v) is 4.71. The van der Waals surface area contributed by atoms with Crippen molar-refractivity contribution in [2.45, 2.75) is 78.8 Å². The van der Waals surface area contributed by atoms with Gasteiger partial charge in [0.2, 0.25) is 5.89 Å². The summed E-state index contributed by atoms with van der Waals surface area (Å²) in [6.45, 7) is 12.8. The molecule has 0 aromatic carbocycles. The maximum Gasteiger partial charge on any atom is 0.208 e. The first-order chi connectivity index (χ1) is 13.9. The number of rotatable bonds is 6. The molecule has 1 saturated carbocycles. The van der Waals surface area contributed by atoms with Gasteiger partial charge in [-0.05, 0) is 83.2 Å². The third-order valence-corrected chi connectivity index (χ3v) is 6.98. The minimum absolute atomic E-state index is 0. The second kappa shape index (κ2) is 12.3. The van der Waals surface area contributed by atoms with Gasteiger partial charge in [-0.1, -0.05) is 13.8 Å². The molecule has 1 aromatic rings. The fourth-order valence-electron chi connectivity index (χ4n) is 4.71. The summed E-state index contributed by atoms with van der Waals surface area (Å²) in [5.41, 5.74) is 1.01. The van der Waals surface area contributed by atoms with E-state index in [0.717, 1.165) is 61.3 Å². The molecule has 0 atom stereocenters. The predicted octanol–water partition coefficient (Wildman–Crippen LogP) is 4.50. The van der Waals surface area contributed by atoms with E-state index in [2.05, 4.69) is 39.4 Å². The fraction of sp³-hybridized carbons (Fsp3) is 0.826. The SMILES string of the molecule is CN=C(NCC1CCN(Cc2nc(C)c(C)o2)CC1)NC1CCC(C(C)C)CC1.I. The van der Waals surface area contributed by atoms with Crippen LogP contribution in [0.1, 0.15) is 69.7 Å². The number of hydrogen-bond donors (Lipinski definition) is 2. The summed E-state index contributed by atoms with van der Waals surface area (Å²) in [6.07, 6.45) is 7.64. The molecule has 2 aliphatic rings. The zero-order chi connectivity index (χ0) is 20.8. The Morgan fingerprint density at radius 3 is 2.33 bits per heavy atom. The number of piperidine rings is 1. The van der Waals surface area contributed by atoms with Crippen LogP contribution in [0.5, 0.6) is 0 Å². The van der Waals surface area contributed by atoms with Crippen LogP contribution >= 0.6 is 24.0 Å². The Morgan fingerprint density at radius 2 is 1.80 bits per heavy atom. The van der Waals surface area contributed by atoms with Crippen molar-refractivity contribution in [2.75, 3.05) is 26.7 Å². The van der Waals surface area contributed by atoms with Crippen LogP contribution in [-0.4, -0.2) is 48.6 Å². The highest BCUT2D eigenvalue weighted by Gasteiger charge is 2.24. The van der Waals surface area contributed by atoms with E-state index in [4.69, 9.17) is 4.42 Å². The van der Waals surface area contributed by atoms with E-state index in [1.165, 1.54) is 38.5 Å². The van der Waals surface area contributed by atoms with E-state index in [0.29, 0.717) is 12.0 Å². The predicted molar refractivity (Wildman–Crippen MR) is 134 cm³/mol. The Hall–Kier alpha value is -0.830. The molecule has 1 saturated heterocycles. The lowest BCUT2D eigenvalue weighted by atomic mass is 9.80. The number of nitrogens with zero attached hydrogens (tertiary/aromatic N) is 3. The standard InChI is InChI=1S/C23H41N5O.HI/c1-16(2)20-6-8-21(9-7-20)27-23(24-5)25-14-19-10-12-28(13-11-19)15-22-26-17(3)18(4)29-22;/h16,19-21H,6-15H2,1-5H3,(H2,24,25,27);1H. The van der Waals surface area contributed by atoms with Gasteiger partial charge in [0.25, 0.3) is 0 Å². The van der Waals surface area contributed by atoms with Gasteiger partial charge in [-0.25, -0.2) is 4.98 Å². The van der Waals surface area contributed by atoms with Gasteiger partial charge < -0.3 is 15.1 Å². The van der Waals surface area contributed by atoms with Crippen molar-refractivity contribution in [2.24, 2.45) is 22.7 Å². The van der Waals surface area contributed by atoms with Crippen LogP contribution in [0.25, 0.3) is 0 Å². The number of aryl methyl sites for hydroxylation is 2. The summed E-state index contributed by atoms with van der Waals surface area (Å²) < 4.78 is 5.74. The number of aliphatic imine (C=N–C) groups is 1. The second-order valence-corrected chi connectivity index (χ2v) is 9.42. The van der Waals surface area contributed by atoms with Gasteiger partial charge in [0.15, 0.2) is 5.96 Å². The molecule has 3 rings (SSSR count). The van der Waals surface area contributed by atoms with Crippen LogP contribution in [0.2, 0.25) is 0 Å². The molecule has 172 valence electrons. The largest absolute Gasteiger partial charge is 0.444 e. The molecular formula is C23H42IN5O. The lowest BCUT2D eigenvalue weighted by molar-refractivity contribution is 0.164. The average Bonchev–Trinajstić information content (AvgIpc) is 3.03. The Bertz CT molecular complexity index is 639. The maximum absolute atomic E-state index is 5.74. The molecule has 0 amide bonds. The van der Waals surface area contributed by atoms with Crippen molar-refractivity contribution >= 4 is 29.9 Å². The monoisotopic (exact) mass is 531 g/mol. The van der Waals surface area contributed by atoms with Gasteiger partial charge in [0.1, 0.15) is 5.76 Å². The summed E-state index contributed by atoms with van der Waals surface area (Å²) in [6, 6.07) is 0.575. The number of oxazole rings is 1. The lowest BCUT2D eigenvalue weighted by Gasteiger charge is -2.33. The molecule has 0 spiro atoms. The molecule has 2 fully saturated rings. The molecule has 1 aromatic heterocycles. The molecular weight excluding hydrogens is 489 g/mol. The van der Waals surface area contributed by atoms with E-state index >= 15 is 0 Å². The van der Waals surface area contributed by atoms with E-state index in [9.17, 15) is 0 Å². The molecule has 0 bridgehead atoms. The summed E-state index contributed by atoms with van der Waals surface area (Å²) in [5, 5.41) is 7.25. The number of halogens is 1. The Kier molecular flexibility index (Phi) is 10.4. The molecule has 1 aliphatic heterocycles. The number of hydrogen-bond acceptors (Lipinski definition) is 4. The normalized spacial score (nSPS) is 24.0. The van der Waals surface area contributed by atoms with Gasteiger partial charge in [-0.3, -0.25) is 9.89 Å². The van der Waals surface area contributed by atoms with Crippen LogP contribution < -0.4 is 10.6 Å². The van der Waals surface area contributed by atoms with E-state index in [1.54, 1.807) is 0 Å². The first-order valence-electron chi connectivity index (χ1n) is 11.6. The Labute approximate surface area is 200 Å². The van der Waals surface area contributed by atoms with Crippen molar-refractivity contribution in [1.82, 2.24) is 20.5 Å². The molecule has 30 heavy (non-hydrogen) atoms. The lowest BCUT2D eigenvalue weighted by Crippen LogP contribution is -2.47. The van der Waals surface area contributed by atoms with Crippen LogP contribution in [-0.2, 0) is 6.54 Å². The van der Waals surface area contributed by atoms with Gasteiger partial charge in [0.05, 0.1) is 12.2 Å². The first-order valence-corrected chi connectivity index (χ1v) is 11.6.